The Morgan fingerprint density at radius 2 is 1.88 bits per heavy atom. The molecule has 12 nitrogen and oxygen atoms in total. The molecule has 0 bridgehead atoms. The third kappa shape index (κ3) is 5.06. The molecule has 4 aromatic rings. The van der Waals surface area contributed by atoms with Crippen molar-refractivity contribution in [1.29, 1.82) is 0 Å². The lowest BCUT2D eigenvalue weighted by Crippen LogP contribution is -2.41. The van der Waals surface area contributed by atoms with Crippen molar-refractivity contribution in [1.82, 2.24) is 19.7 Å². The number of nitro benzene ring substituents is 1. The van der Waals surface area contributed by atoms with E-state index in [0.29, 0.717) is 19.4 Å². The SMILES string of the molecule is CCNc1cc2c(cc1[N+](=O)[O-])C(=O)c1n[n+]([O-])n(CCCc3ccc4sc(CN5CCCCC5)nc4c3)c1C2=O. The van der Waals surface area contributed by atoms with Gasteiger partial charge in [0, 0.05) is 33.8 Å². The maximum absolute atomic E-state index is 13.5. The molecule has 0 spiro atoms. The van der Waals surface area contributed by atoms with E-state index in [9.17, 15) is 24.9 Å². The smallest absolute Gasteiger partial charge is 0.293 e. The van der Waals surface area contributed by atoms with Crippen LogP contribution in [0.15, 0.2) is 30.3 Å². The van der Waals surface area contributed by atoms with Crippen LogP contribution in [0.2, 0.25) is 0 Å². The molecule has 0 atom stereocenters. The summed E-state index contributed by atoms with van der Waals surface area (Å²) in [5, 5.41) is 32.0. The van der Waals surface area contributed by atoms with Crippen LogP contribution in [0.1, 0.15) is 75.3 Å². The third-order valence-electron chi connectivity index (χ3n) is 7.63. The molecule has 0 saturated carbocycles. The van der Waals surface area contributed by atoms with Crippen LogP contribution in [-0.4, -0.2) is 55.8 Å². The molecule has 0 amide bonds. The molecule has 0 radical (unpaired) electrons. The Morgan fingerprint density at radius 3 is 2.63 bits per heavy atom. The lowest BCUT2D eigenvalue weighted by atomic mass is 9.89. The van der Waals surface area contributed by atoms with E-state index in [-0.39, 0.29) is 45.4 Å². The highest BCUT2D eigenvalue weighted by Gasteiger charge is 2.41. The van der Waals surface area contributed by atoms with Crippen molar-refractivity contribution in [2.24, 2.45) is 0 Å². The van der Waals surface area contributed by atoms with E-state index in [2.05, 4.69) is 33.5 Å². The lowest BCUT2D eigenvalue weighted by molar-refractivity contribution is -0.749. The summed E-state index contributed by atoms with van der Waals surface area (Å²) >= 11 is 1.72. The van der Waals surface area contributed by atoms with Gasteiger partial charge in [-0.25, -0.2) is 4.98 Å². The Bertz CT molecular complexity index is 1690. The quantitative estimate of drug-likeness (QED) is 0.120. The van der Waals surface area contributed by atoms with Gasteiger partial charge in [0.1, 0.15) is 10.7 Å². The maximum Gasteiger partial charge on any atom is 0.293 e. The molecule has 1 fully saturated rings. The number of aryl methyl sites for hydroxylation is 1. The molecule has 212 valence electrons. The van der Waals surface area contributed by atoms with Crippen LogP contribution in [0.25, 0.3) is 10.2 Å². The molecule has 2 aromatic heterocycles. The minimum Gasteiger partial charge on any atom is -0.571 e. The molecule has 0 unspecified atom stereocenters. The number of nitro groups is 1. The Kier molecular flexibility index (Phi) is 7.22. The van der Waals surface area contributed by atoms with E-state index < -0.39 is 16.5 Å². The van der Waals surface area contributed by atoms with Gasteiger partial charge in [0.05, 0.1) is 28.2 Å². The number of likely N-dealkylation sites (tertiary alicyclic amines) is 1. The highest BCUT2D eigenvalue weighted by atomic mass is 32.1. The molecule has 2 aliphatic rings. The Labute approximate surface area is 239 Å². The monoisotopic (exact) mass is 575 g/mol. The van der Waals surface area contributed by atoms with Crippen molar-refractivity contribution in [3.05, 3.63) is 78.7 Å². The standard InChI is InChI=1S/C28H29N7O5S/c1-2-29-20-14-18-19(15-22(20)34(38)39)27(36)25-26(28(18)37)33(35(40)31-25)12-6-7-17-8-9-23-21(13-17)30-24(41-23)16-32-10-4-3-5-11-32/h8-9,13-15,29H,2-7,10-12,16H2,1H3. The average Bonchev–Trinajstić information content (AvgIpc) is 3.51. The number of ketones is 2. The van der Waals surface area contributed by atoms with Gasteiger partial charge in [0.2, 0.25) is 17.3 Å². The number of nitrogens with zero attached hydrogens (tertiary/aromatic N) is 6. The summed E-state index contributed by atoms with van der Waals surface area (Å²) in [6.07, 6.45) is 4.94. The Balaban J connectivity index is 1.19. The van der Waals surface area contributed by atoms with Crippen LogP contribution in [0.5, 0.6) is 0 Å². The molecule has 3 heterocycles. The van der Waals surface area contributed by atoms with E-state index >= 15 is 0 Å². The zero-order valence-electron chi connectivity index (χ0n) is 22.6. The van der Waals surface area contributed by atoms with Crippen molar-refractivity contribution < 1.29 is 19.5 Å². The number of piperidine rings is 1. The summed E-state index contributed by atoms with van der Waals surface area (Å²) in [6, 6.07) is 8.60. The highest BCUT2D eigenvalue weighted by Crippen LogP contribution is 2.34. The molecule has 41 heavy (non-hydrogen) atoms. The van der Waals surface area contributed by atoms with Gasteiger partial charge in [-0.2, -0.15) is 0 Å². The number of nitrogens with one attached hydrogen (secondary N) is 1. The topological polar surface area (TPSA) is 150 Å². The minimum atomic E-state index is -0.682. The zero-order valence-corrected chi connectivity index (χ0v) is 23.4. The van der Waals surface area contributed by atoms with Crippen LogP contribution in [0, 0.1) is 15.3 Å². The van der Waals surface area contributed by atoms with Crippen LogP contribution >= 0.6 is 11.3 Å². The second-order valence-electron chi connectivity index (χ2n) is 10.4. The molecule has 1 aliphatic heterocycles. The van der Waals surface area contributed by atoms with Crippen molar-refractivity contribution in [2.75, 3.05) is 25.0 Å². The third-order valence-corrected chi connectivity index (χ3v) is 8.65. The molecule has 2 aromatic carbocycles. The summed E-state index contributed by atoms with van der Waals surface area (Å²) in [7, 11) is 0. The van der Waals surface area contributed by atoms with Gasteiger partial charge in [0.15, 0.2) is 5.69 Å². The first kappa shape index (κ1) is 27.0. The van der Waals surface area contributed by atoms with Gasteiger partial charge in [0.25, 0.3) is 5.69 Å². The van der Waals surface area contributed by atoms with E-state index in [0.717, 1.165) is 46.5 Å². The summed E-state index contributed by atoms with van der Waals surface area (Å²) in [6.45, 7) is 5.44. The van der Waals surface area contributed by atoms with Crippen LogP contribution in [0.4, 0.5) is 11.4 Å². The summed E-state index contributed by atoms with van der Waals surface area (Å²) in [5.41, 5.74) is 1.35. The summed E-state index contributed by atoms with van der Waals surface area (Å²) in [4.78, 5) is 45.2. The fourth-order valence-corrected chi connectivity index (χ4v) is 6.65. The van der Waals surface area contributed by atoms with Gasteiger partial charge in [-0.05, 0) is 69.5 Å². The normalized spacial score (nSPS) is 15.2. The number of carbonyl (C=O) groups is 2. The Hall–Kier alpha value is -4.23. The van der Waals surface area contributed by atoms with Gasteiger partial charge >= 0.3 is 0 Å². The first-order valence-corrected chi connectivity index (χ1v) is 14.6. The largest absolute Gasteiger partial charge is 0.571 e. The van der Waals surface area contributed by atoms with Gasteiger partial charge in [-0.15, -0.1) is 16.0 Å². The summed E-state index contributed by atoms with van der Waals surface area (Å²) in [5.74, 6) is -1.24. The predicted molar refractivity (Wildman–Crippen MR) is 152 cm³/mol. The molecule has 1 aliphatic carbocycles. The minimum absolute atomic E-state index is 0.0140. The van der Waals surface area contributed by atoms with Gasteiger partial charge in [-0.3, -0.25) is 24.6 Å². The second kappa shape index (κ2) is 11.0. The first-order valence-electron chi connectivity index (χ1n) is 13.8. The van der Waals surface area contributed by atoms with Crippen molar-refractivity contribution in [2.45, 2.75) is 52.1 Å². The number of benzene rings is 2. The second-order valence-corrected chi connectivity index (χ2v) is 11.5. The van der Waals surface area contributed by atoms with Crippen molar-refractivity contribution in [3.8, 4) is 0 Å². The van der Waals surface area contributed by atoms with Crippen LogP contribution in [-0.2, 0) is 19.5 Å². The maximum atomic E-state index is 13.5. The number of carbonyl (C=O) groups excluding carboxylic acids is 2. The number of thiazole rings is 1. The molecule has 6 rings (SSSR count). The Morgan fingerprint density at radius 1 is 1.10 bits per heavy atom. The molecule has 13 heteroatoms. The van der Waals surface area contributed by atoms with Crippen molar-refractivity contribution in [3.63, 3.8) is 0 Å². The highest BCUT2D eigenvalue weighted by molar-refractivity contribution is 7.18. The first-order chi connectivity index (χ1) is 19.8. The van der Waals surface area contributed by atoms with Crippen LogP contribution < -0.4 is 10.3 Å². The number of hydrogen-bond donors (Lipinski definition) is 1. The summed E-state index contributed by atoms with van der Waals surface area (Å²) < 4.78 is 2.31. The average molecular weight is 576 g/mol. The van der Waals surface area contributed by atoms with Gasteiger partial charge in [-0.1, -0.05) is 12.5 Å². The van der Waals surface area contributed by atoms with Crippen LogP contribution in [0.3, 0.4) is 0 Å². The molecular formula is C28H29N7O5S. The van der Waals surface area contributed by atoms with Gasteiger partial charge < -0.3 is 10.5 Å². The number of fused-ring (bicyclic) bond motifs is 3. The van der Waals surface area contributed by atoms with E-state index in [1.807, 2.05) is 0 Å². The predicted octanol–water partition coefficient (Wildman–Crippen LogP) is 3.86. The van der Waals surface area contributed by atoms with E-state index in [1.165, 1.54) is 30.0 Å². The van der Waals surface area contributed by atoms with E-state index in [4.69, 9.17) is 4.98 Å². The number of rotatable bonds is 9. The number of aromatic nitrogens is 4. The fraction of sp³-hybridized carbons (Fsp3) is 0.393. The number of hydrogen-bond acceptors (Lipinski definition) is 10. The number of anilines is 1. The van der Waals surface area contributed by atoms with Crippen molar-refractivity contribution >= 4 is 44.5 Å². The molecule has 1 N–H and O–H groups in total. The lowest BCUT2D eigenvalue weighted by Gasteiger charge is -2.25. The molecule has 1 saturated heterocycles. The fourth-order valence-electron chi connectivity index (χ4n) is 5.66. The van der Waals surface area contributed by atoms with E-state index in [1.54, 1.807) is 18.3 Å². The zero-order chi connectivity index (χ0) is 28.7. The molecular weight excluding hydrogens is 546 g/mol.